The fraction of sp³-hybridized carbons (Fsp3) is 0.647. The van der Waals surface area contributed by atoms with Crippen LogP contribution in [0.5, 0.6) is 0 Å². The van der Waals surface area contributed by atoms with E-state index in [9.17, 15) is 0 Å². The summed E-state index contributed by atoms with van der Waals surface area (Å²) >= 11 is 0. The topological polar surface area (TPSA) is 29.3 Å². The minimum absolute atomic E-state index is 0.736. The number of nitrogens with two attached hydrogens (primary N) is 1. The van der Waals surface area contributed by atoms with E-state index in [4.69, 9.17) is 5.73 Å². The first-order valence-corrected chi connectivity index (χ1v) is 7.58. The van der Waals surface area contributed by atoms with Gasteiger partial charge in [-0.25, -0.2) is 0 Å². The third kappa shape index (κ3) is 7.34. The highest BCUT2D eigenvalue weighted by Gasteiger charge is 2.01. The van der Waals surface area contributed by atoms with Crippen LogP contribution in [-0.2, 0) is 12.8 Å². The summed E-state index contributed by atoms with van der Waals surface area (Å²) in [6.07, 6.45) is 4.66. The summed E-state index contributed by atoms with van der Waals surface area (Å²) in [7, 11) is 2.20. The lowest BCUT2D eigenvalue weighted by Gasteiger charge is -2.16. The number of likely N-dealkylation sites (N-methyl/N-ethyl adjacent to an activating group) is 1. The molecule has 1 rings (SSSR count). The molecule has 0 aromatic heterocycles. The van der Waals surface area contributed by atoms with Crippen molar-refractivity contribution in [3.8, 4) is 0 Å². The van der Waals surface area contributed by atoms with Gasteiger partial charge >= 0.3 is 0 Å². The summed E-state index contributed by atoms with van der Waals surface area (Å²) in [6, 6.07) is 9.13. The molecule has 0 aliphatic carbocycles. The molecule has 0 bridgehead atoms. The standard InChI is InChI=1S/C17H30N2/c1-15(2)14-17-8-6-16(7-9-17)10-13-19(3)12-5-4-11-18/h6-9,15H,4-5,10-14,18H2,1-3H3. The Morgan fingerprint density at radius 2 is 1.63 bits per heavy atom. The van der Waals surface area contributed by atoms with Crippen LogP contribution in [0.3, 0.4) is 0 Å². The number of nitrogens with zero attached hydrogens (tertiary/aromatic N) is 1. The van der Waals surface area contributed by atoms with Crippen LogP contribution in [0.15, 0.2) is 24.3 Å². The fourth-order valence-electron chi connectivity index (χ4n) is 2.27. The molecular formula is C17H30N2. The van der Waals surface area contributed by atoms with Gasteiger partial charge in [0.2, 0.25) is 0 Å². The molecule has 0 aliphatic rings. The largest absolute Gasteiger partial charge is 0.330 e. The van der Waals surface area contributed by atoms with Crippen LogP contribution in [0.4, 0.5) is 0 Å². The van der Waals surface area contributed by atoms with Gasteiger partial charge in [0.1, 0.15) is 0 Å². The molecule has 0 radical (unpaired) electrons. The van der Waals surface area contributed by atoms with E-state index < -0.39 is 0 Å². The van der Waals surface area contributed by atoms with Crippen LogP contribution in [0, 0.1) is 5.92 Å². The Labute approximate surface area is 119 Å². The summed E-state index contributed by atoms with van der Waals surface area (Å²) < 4.78 is 0. The molecule has 0 unspecified atom stereocenters. The zero-order valence-corrected chi connectivity index (χ0v) is 12.9. The summed E-state index contributed by atoms with van der Waals surface area (Å²) in [4.78, 5) is 2.40. The predicted octanol–water partition coefficient (Wildman–Crippen LogP) is 3.10. The minimum Gasteiger partial charge on any atom is -0.330 e. The first-order chi connectivity index (χ1) is 9.11. The maximum Gasteiger partial charge on any atom is 0.00188 e. The molecule has 0 aliphatic heterocycles. The monoisotopic (exact) mass is 262 g/mol. The molecule has 1 aromatic carbocycles. The van der Waals surface area contributed by atoms with Crippen LogP contribution in [-0.4, -0.2) is 31.6 Å². The Kier molecular flexibility index (Phi) is 7.76. The van der Waals surface area contributed by atoms with Crippen LogP contribution in [0.2, 0.25) is 0 Å². The smallest absolute Gasteiger partial charge is 0.00188 e. The van der Waals surface area contributed by atoms with Crippen molar-refractivity contribution in [3.63, 3.8) is 0 Å². The van der Waals surface area contributed by atoms with Gasteiger partial charge in [-0.15, -0.1) is 0 Å². The van der Waals surface area contributed by atoms with Crippen LogP contribution in [0.1, 0.15) is 37.8 Å². The SMILES string of the molecule is CC(C)Cc1ccc(CCN(C)CCCCN)cc1. The quantitative estimate of drug-likeness (QED) is 0.693. The zero-order valence-electron chi connectivity index (χ0n) is 12.9. The second-order valence-electron chi connectivity index (χ2n) is 5.96. The van der Waals surface area contributed by atoms with E-state index in [1.165, 1.54) is 24.0 Å². The van der Waals surface area contributed by atoms with Gasteiger partial charge in [-0.3, -0.25) is 0 Å². The zero-order chi connectivity index (χ0) is 14.1. The van der Waals surface area contributed by atoms with Gasteiger partial charge in [0.15, 0.2) is 0 Å². The normalized spacial score (nSPS) is 11.5. The summed E-state index contributed by atoms with van der Waals surface area (Å²) in [5.41, 5.74) is 8.41. The highest BCUT2D eigenvalue weighted by molar-refractivity contribution is 5.23. The molecule has 0 heterocycles. The van der Waals surface area contributed by atoms with Gasteiger partial charge < -0.3 is 10.6 Å². The highest BCUT2D eigenvalue weighted by atomic mass is 15.1. The molecule has 0 atom stereocenters. The van der Waals surface area contributed by atoms with E-state index >= 15 is 0 Å². The third-order valence-corrected chi connectivity index (χ3v) is 3.44. The molecular weight excluding hydrogens is 232 g/mol. The Balaban J connectivity index is 2.29. The van der Waals surface area contributed by atoms with Crippen LogP contribution < -0.4 is 5.73 Å². The summed E-state index contributed by atoms with van der Waals surface area (Å²) in [5.74, 6) is 0.736. The molecule has 2 nitrogen and oxygen atoms in total. The van der Waals surface area contributed by atoms with Crippen molar-refractivity contribution < 1.29 is 0 Å². The number of benzene rings is 1. The third-order valence-electron chi connectivity index (χ3n) is 3.44. The van der Waals surface area contributed by atoms with E-state index in [2.05, 4.69) is 50.1 Å². The highest BCUT2D eigenvalue weighted by Crippen LogP contribution is 2.10. The van der Waals surface area contributed by atoms with Gasteiger partial charge in [0, 0.05) is 6.54 Å². The second-order valence-corrected chi connectivity index (χ2v) is 5.96. The predicted molar refractivity (Wildman–Crippen MR) is 84.5 cm³/mol. The molecule has 0 saturated carbocycles. The second kappa shape index (κ2) is 9.11. The van der Waals surface area contributed by atoms with Crippen LogP contribution >= 0.6 is 0 Å². The molecule has 2 heteroatoms. The molecule has 0 amide bonds. The number of hydrogen-bond acceptors (Lipinski definition) is 2. The van der Waals surface area contributed by atoms with Gasteiger partial charge in [-0.1, -0.05) is 38.1 Å². The van der Waals surface area contributed by atoms with Gasteiger partial charge in [0.05, 0.1) is 0 Å². The average molecular weight is 262 g/mol. The number of rotatable bonds is 9. The van der Waals surface area contributed by atoms with Crippen molar-refractivity contribution in [1.82, 2.24) is 4.90 Å². The molecule has 0 spiro atoms. The molecule has 0 saturated heterocycles. The Bertz CT molecular complexity index is 330. The van der Waals surface area contributed by atoms with Crippen molar-refractivity contribution in [2.75, 3.05) is 26.7 Å². The van der Waals surface area contributed by atoms with E-state index in [1.807, 2.05) is 0 Å². The van der Waals surface area contributed by atoms with Gasteiger partial charge in [-0.2, -0.15) is 0 Å². The van der Waals surface area contributed by atoms with E-state index in [-0.39, 0.29) is 0 Å². The molecule has 108 valence electrons. The molecule has 19 heavy (non-hydrogen) atoms. The van der Waals surface area contributed by atoms with Crippen molar-refractivity contribution in [2.45, 2.75) is 39.5 Å². The Hall–Kier alpha value is -0.860. The van der Waals surface area contributed by atoms with Crippen molar-refractivity contribution in [2.24, 2.45) is 11.7 Å². The van der Waals surface area contributed by atoms with Crippen molar-refractivity contribution in [3.05, 3.63) is 35.4 Å². The minimum atomic E-state index is 0.736. The lowest BCUT2D eigenvalue weighted by Crippen LogP contribution is -2.23. The Morgan fingerprint density at radius 1 is 1.00 bits per heavy atom. The first-order valence-electron chi connectivity index (χ1n) is 7.58. The first kappa shape index (κ1) is 16.2. The maximum absolute atomic E-state index is 5.51. The summed E-state index contributed by atoms with van der Waals surface area (Å²) in [5, 5.41) is 0. The fourth-order valence-corrected chi connectivity index (χ4v) is 2.27. The summed E-state index contributed by atoms with van der Waals surface area (Å²) in [6.45, 7) is 7.64. The van der Waals surface area contributed by atoms with Crippen molar-refractivity contribution >= 4 is 0 Å². The Morgan fingerprint density at radius 3 is 2.21 bits per heavy atom. The van der Waals surface area contributed by atoms with Gasteiger partial charge in [0.25, 0.3) is 0 Å². The average Bonchev–Trinajstić information content (AvgIpc) is 2.37. The maximum atomic E-state index is 5.51. The lowest BCUT2D eigenvalue weighted by molar-refractivity contribution is 0.331. The number of unbranched alkanes of at least 4 members (excludes halogenated alkanes) is 1. The lowest BCUT2D eigenvalue weighted by atomic mass is 10.0. The molecule has 0 fully saturated rings. The van der Waals surface area contributed by atoms with Gasteiger partial charge in [-0.05, 0) is 62.9 Å². The van der Waals surface area contributed by atoms with E-state index in [1.54, 1.807) is 0 Å². The van der Waals surface area contributed by atoms with E-state index in [0.29, 0.717) is 0 Å². The molecule has 1 aromatic rings. The van der Waals surface area contributed by atoms with Crippen LogP contribution in [0.25, 0.3) is 0 Å². The molecule has 2 N–H and O–H groups in total. The number of hydrogen-bond donors (Lipinski definition) is 1. The van der Waals surface area contributed by atoms with Crippen molar-refractivity contribution in [1.29, 1.82) is 0 Å². The van der Waals surface area contributed by atoms with E-state index in [0.717, 1.165) is 38.4 Å².